The van der Waals surface area contributed by atoms with Crippen molar-refractivity contribution in [3.8, 4) is 5.69 Å². The van der Waals surface area contributed by atoms with Crippen LogP contribution in [0.5, 0.6) is 0 Å². The van der Waals surface area contributed by atoms with Gasteiger partial charge in [0.25, 0.3) is 0 Å². The fraction of sp³-hybridized carbons (Fsp3) is 0.389. The standard InChI is InChI=1S/C18H22N2O2S/c1-3-14-6-4-5-7-16(14)19-9-8-15(12-19)18-20(10-11-22-2)17(21)13-23-18/h4-9,12,18H,3,10-11,13H2,1-2H3/t18-/m0/s1. The molecular weight excluding hydrogens is 308 g/mol. The number of hydrogen-bond donors (Lipinski definition) is 0. The summed E-state index contributed by atoms with van der Waals surface area (Å²) in [5.41, 5.74) is 3.70. The fourth-order valence-corrected chi connectivity index (χ4v) is 4.13. The van der Waals surface area contributed by atoms with Gasteiger partial charge in [-0.05, 0) is 24.1 Å². The third kappa shape index (κ3) is 3.31. The van der Waals surface area contributed by atoms with Crippen molar-refractivity contribution in [2.45, 2.75) is 18.7 Å². The van der Waals surface area contributed by atoms with Crippen molar-refractivity contribution in [1.82, 2.24) is 9.47 Å². The van der Waals surface area contributed by atoms with Crippen molar-refractivity contribution in [3.05, 3.63) is 53.9 Å². The van der Waals surface area contributed by atoms with Gasteiger partial charge in [0.1, 0.15) is 5.37 Å². The average molecular weight is 330 g/mol. The van der Waals surface area contributed by atoms with Gasteiger partial charge < -0.3 is 14.2 Å². The molecule has 1 fully saturated rings. The second-order valence-corrected chi connectivity index (χ2v) is 6.65. The number of methoxy groups -OCH3 is 1. The summed E-state index contributed by atoms with van der Waals surface area (Å²) in [4.78, 5) is 14.0. The minimum Gasteiger partial charge on any atom is -0.383 e. The van der Waals surface area contributed by atoms with Gasteiger partial charge in [-0.25, -0.2) is 0 Å². The number of ether oxygens (including phenoxy) is 1. The quantitative estimate of drug-likeness (QED) is 0.815. The van der Waals surface area contributed by atoms with Gasteiger partial charge in [0.15, 0.2) is 0 Å². The van der Waals surface area contributed by atoms with E-state index in [1.807, 2.05) is 4.90 Å². The van der Waals surface area contributed by atoms with E-state index in [4.69, 9.17) is 4.74 Å². The molecule has 0 radical (unpaired) electrons. The van der Waals surface area contributed by atoms with Crippen LogP contribution in [0, 0.1) is 0 Å². The van der Waals surface area contributed by atoms with Gasteiger partial charge in [-0.1, -0.05) is 25.1 Å². The zero-order valence-electron chi connectivity index (χ0n) is 13.6. The molecule has 5 heteroatoms. The monoisotopic (exact) mass is 330 g/mol. The van der Waals surface area contributed by atoms with Crippen molar-refractivity contribution in [2.75, 3.05) is 26.0 Å². The Labute approximate surface area is 141 Å². The van der Waals surface area contributed by atoms with Crippen LogP contribution in [-0.4, -0.2) is 41.4 Å². The number of thioether (sulfide) groups is 1. The van der Waals surface area contributed by atoms with E-state index in [9.17, 15) is 4.79 Å². The molecule has 1 aliphatic heterocycles. The molecule has 122 valence electrons. The topological polar surface area (TPSA) is 34.5 Å². The maximum absolute atomic E-state index is 12.1. The van der Waals surface area contributed by atoms with Gasteiger partial charge in [0, 0.05) is 37.3 Å². The van der Waals surface area contributed by atoms with Crippen LogP contribution in [0.25, 0.3) is 5.69 Å². The molecule has 1 amide bonds. The Kier molecular flexibility index (Phi) is 5.08. The van der Waals surface area contributed by atoms with E-state index in [0.717, 1.165) is 6.42 Å². The van der Waals surface area contributed by atoms with Crippen molar-refractivity contribution < 1.29 is 9.53 Å². The van der Waals surface area contributed by atoms with Crippen molar-refractivity contribution >= 4 is 17.7 Å². The van der Waals surface area contributed by atoms with E-state index in [1.165, 1.54) is 16.8 Å². The Morgan fingerprint density at radius 3 is 2.91 bits per heavy atom. The predicted octanol–water partition coefficient (Wildman–Crippen LogP) is 3.26. The number of aromatic nitrogens is 1. The number of amides is 1. The number of hydrogen-bond acceptors (Lipinski definition) is 3. The number of benzene rings is 1. The van der Waals surface area contributed by atoms with Gasteiger partial charge in [0.05, 0.1) is 12.4 Å². The third-order valence-corrected chi connectivity index (χ3v) is 5.41. The SMILES string of the molecule is CCc1ccccc1-n1ccc([C@@H]2SCC(=O)N2CCOC)c1. The maximum Gasteiger partial charge on any atom is 0.233 e. The van der Waals surface area contributed by atoms with Crippen LogP contribution in [0.15, 0.2) is 42.7 Å². The second kappa shape index (κ2) is 7.23. The number of carbonyl (C=O) groups excluding carboxylic acids is 1. The minimum atomic E-state index is 0.0905. The van der Waals surface area contributed by atoms with Crippen LogP contribution < -0.4 is 0 Å². The van der Waals surface area contributed by atoms with Gasteiger partial charge >= 0.3 is 0 Å². The first-order valence-electron chi connectivity index (χ1n) is 7.90. The predicted molar refractivity (Wildman–Crippen MR) is 93.9 cm³/mol. The maximum atomic E-state index is 12.1. The molecule has 0 unspecified atom stereocenters. The lowest BCUT2D eigenvalue weighted by molar-refractivity contribution is -0.128. The van der Waals surface area contributed by atoms with Crippen LogP contribution in [0.1, 0.15) is 23.4 Å². The summed E-state index contributed by atoms with van der Waals surface area (Å²) in [6.45, 7) is 3.38. The fourth-order valence-electron chi connectivity index (χ4n) is 2.93. The van der Waals surface area contributed by atoms with Crippen molar-refractivity contribution in [1.29, 1.82) is 0 Å². The minimum absolute atomic E-state index is 0.0905. The summed E-state index contributed by atoms with van der Waals surface area (Å²) in [6.07, 6.45) is 5.23. The molecule has 23 heavy (non-hydrogen) atoms. The van der Waals surface area contributed by atoms with Gasteiger partial charge in [0.2, 0.25) is 5.91 Å². The molecule has 1 aromatic heterocycles. The molecule has 0 bridgehead atoms. The van der Waals surface area contributed by atoms with E-state index >= 15 is 0 Å². The Hall–Kier alpha value is -1.72. The second-order valence-electron chi connectivity index (χ2n) is 5.58. The third-order valence-electron chi connectivity index (χ3n) is 4.16. The summed E-state index contributed by atoms with van der Waals surface area (Å²) in [5, 5.41) is 0.0905. The average Bonchev–Trinajstić information content (AvgIpc) is 3.19. The first-order valence-corrected chi connectivity index (χ1v) is 8.95. The Morgan fingerprint density at radius 2 is 2.13 bits per heavy atom. The molecule has 1 aliphatic rings. The molecule has 0 saturated carbocycles. The molecule has 1 aromatic carbocycles. The number of aryl methyl sites for hydroxylation is 1. The molecule has 3 rings (SSSR count). The van der Waals surface area contributed by atoms with E-state index < -0.39 is 0 Å². The highest BCUT2D eigenvalue weighted by molar-refractivity contribution is 8.00. The van der Waals surface area contributed by atoms with Gasteiger partial charge in [-0.2, -0.15) is 0 Å². The Balaban J connectivity index is 1.85. The number of carbonyl (C=O) groups is 1. The number of nitrogens with zero attached hydrogens (tertiary/aromatic N) is 2. The summed E-state index contributed by atoms with van der Waals surface area (Å²) in [5.74, 6) is 0.740. The zero-order chi connectivity index (χ0) is 16.2. The zero-order valence-corrected chi connectivity index (χ0v) is 14.4. The molecular formula is C18H22N2O2S. The smallest absolute Gasteiger partial charge is 0.233 e. The van der Waals surface area contributed by atoms with E-state index in [-0.39, 0.29) is 11.3 Å². The number of rotatable bonds is 6. The normalized spacial score (nSPS) is 17.9. The summed E-state index contributed by atoms with van der Waals surface area (Å²) < 4.78 is 7.29. The molecule has 0 aliphatic carbocycles. The first-order chi connectivity index (χ1) is 11.2. The molecule has 2 aromatic rings. The molecule has 4 nitrogen and oxygen atoms in total. The van der Waals surface area contributed by atoms with Crippen molar-refractivity contribution in [3.63, 3.8) is 0 Å². The molecule has 2 heterocycles. The highest BCUT2D eigenvalue weighted by Gasteiger charge is 2.32. The summed E-state index contributed by atoms with van der Waals surface area (Å²) in [7, 11) is 1.67. The van der Waals surface area contributed by atoms with Crippen LogP contribution in [0.4, 0.5) is 0 Å². The van der Waals surface area contributed by atoms with Crippen LogP contribution >= 0.6 is 11.8 Å². The molecule has 1 saturated heterocycles. The van der Waals surface area contributed by atoms with Crippen LogP contribution in [0.3, 0.4) is 0 Å². The van der Waals surface area contributed by atoms with E-state index in [1.54, 1.807) is 18.9 Å². The molecule has 0 spiro atoms. The first kappa shape index (κ1) is 16.1. The number of para-hydroxylation sites is 1. The lowest BCUT2D eigenvalue weighted by Gasteiger charge is -2.22. The van der Waals surface area contributed by atoms with E-state index in [2.05, 4.69) is 54.2 Å². The van der Waals surface area contributed by atoms with Crippen LogP contribution in [0.2, 0.25) is 0 Å². The Morgan fingerprint density at radius 1 is 1.30 bits per heavy atom. The summed E-state index contributed by atoms with van der Waals surface area (Å²) >= 11 is 1.69. The summed E-state index contributed by atoms with van der Waals surface area (Å²) in [6, 6.07) is 10.5. The largest absolute Gasteiger partial charge is 0.383 e. The highest BCUT2D eigenvalue weighted by Crippen LogP contribution is 2.38. The van der Waals surface area contributed by atoms with E-state index in [0.29, 0.717) is 18.9 Å². The Bertz CT molecular complexity index is 683. The molecule has 0 N–H and O–H groups in total. The van der Waals surface area contributed by atoms with Gasteiger partial charge in [-0.15, -0.1) is 11.8 Å². The van der Waals surface area contributed by atoms with Crippen LogP contribution in [-0.2, 0) is 16.0 Å². The van der Waals surface area contributed by atoms with Gasteiger partial charge in [-0.3, -0.25) is 4.79 Å². The lowest BCUT2D eigenvalue weighted by atomic mass is 10.1. The van der Waals surface area contributed by atoms with Crippen molar-refractivity contribution in [2.24, 2.45) is 0 Å². The lowest BCUT2D eigenvalue weighted by Crippen LogP contribution is -2.31. The highest BCUT2D eigenvalue weighted by atomic mass is 32.2. The molecule has 1 atom stereocenters.